The van der Waals surface area contributed by atoms with Gasteiger partial charge in [-0.05, 0) is 37.0 Å². The van der Waals surface area contributed by atoms with Crippen LogP contribution >= 0.6 is 0 Å². The van der Waals surface area contributed by atoms with Gasteiger partial charge in [0.05, 0.1) is 10.9 Å². The predicted molar refractivity (Wildman–Crippen MR) is 106 cm³/mol. The van der Waals surface area contributed by atoms with Crippen LogP contribution in [0.2, 0.25) is 0 Å². The Morgan fingerprint density at radius 2 is 1.59 bits per heavy atom. The maximum atomic E-state index is 12.7. The molecular formula is C21H26N2O3S. The first-order chi connectivity index (χ1) is 13.0. The number of hydrogen-bond acceptors (Lipinski definition) is 3. The minimum absolute atomic E-state index is 0.00946. The standard InChI is InChI=1S/C21H26N2O3S/c1-2-20(17-9-5-3-6-10-17)22-21(24)18-13-15-23(16-14-18)27(25,26)19-11-7-4-8-12-19/h3-12,18,20H,2,13-16H2,1H3,(H,22,24). The lowest BCUT2D eigenvalue weighted by Gasteiger charge is -2.31. The second kappa shape index (κ2) is 8.67. The summed E-state index contributed by atoms with van der Waals surface area (Å²) in [7, 11) is -3.48. The van der Waals surface area contributed by atoms with Crippen LogP contribution in [0.4, 0.5) is 0 Å². The van der Waals surface area contributed by atoms with Gasteiger partial charge in [0, 0.05) is 19.0 Å². The summed E-state index contributed by atoms with van der Waals surface area (Å²) in [6.07, 6.45) is 1.91. The van der Waals surface area contributed by atoms with Crippen molar-refractivity contribution in [3.05, 3.63) is 66.2 Å². The fraction of sp³-hybridized carbons (Fsp3) is 0.381. The van der Waals surface area contributed by atoms with Crippen molar-refractivity contribution in [3.8, 4) is 0 Å². The molecule has 27 heavy (non-hydrogen) atoms. The second-order valence-electron chi connectivity index (χ2n) is 6.87. The van der Waals surface area contributed by atoms with Crippen molar-refractivity contribution < 1.29 is 13.2 Å². The summed E-state index contributed by atoms with van der Waals surface area (Å²) >= 11 is 0. The summed E-state index contributed by atoms with van der Waals surface area (Å²) in [5.41, 5.74) is 1.09. The zero-order valence-electron chi connectivity index (χ0n) is 15.5. The third kappa shape index (κ3) is 4.57. The highest BCUT2D eigenvalue weighted by Gasteiger charge is 2.32. The fourth-order valence-corrected chi connectivity index (χ4v) is 4.99. The van der Waals surface area contributed by atoms with Gasteiger partial charge in [-0.2, -0.15) is 4.31 Å². The molecule has 0 spiro atoms. The van der Waals surface area contributed by atoms with E-state index in [2.05, 4.69) is 5.32 Å². The Hall–Kier alpha value is -2.18. The van der Waals surface area contributed by atoms with Gasteiger partial charge in [-0.15, -0.1) is 0 Å². The number of amides is 1. The monoisotopic (exact) mass is 386 g/mol. The molecule has 1 aliphatic heterocycles. The Morgan fingerprint density at radius 3 is 2.15 bits per heavy atom. The van der Waals surface area contributed by atoms with Gasteiger partial charge in [-0.1, -0.05) is 55.5 Å². The summed E-state index contributed by atoms with van der Waals surface area (Å²) < 4.78 is 26.9. The van der Waals surface area contributed by atoms with Crippen LogP contribution in [0.15, 0.2) is 65.6 Å². The smallest absolute Gasteiger partial charge is 0.243 e. The number of sulfonamides is 1. The first-order valence-electron chi connectivity index (χ1n) is 9.43. The number of carbonyl (C=O) groups excluding carboxylic acids is 1. The van der Waals surface area contributed by atoms with Crippen LogP contribution in [0, 0.1) is 5.92 Å². The minimum atomic E-state index is -3.48. The molecule has 1 aliphatic rings. The van der Waals surface area contributed by atoms with Gasteiger partial charge in [0.15, 0.2) is 0 Å². The van der Waals surface area contributed by atoms with Crippen LogP contribution < -0.4 is 5.32 Å². The molecule has 1 amide bonds. The van der Waals surface area contributed by atoms with Gasteiger partial charge < -0.3 is 5.32 Å². The largest absolute Gasteiger partial charge is 0.349 e. The van der Waals surface area contributed by atoms with E-state index in [9.17, 15) is 13.2 Å². The molecule has 1 unspecified atom stereocenters. The number of nitrogens with zero attached hydrogens (tertiary/aromatic N) is 1. The van der Waals surface area contributed by atoms with E-state index in [1.165, 1.54) is 4.31 Å². The van der Waals surface area contributed by atoms with Crippen LogP contribution in [0.3, 0.4) is 0 Å². The lowest BCUT2D eigenvalue weighted by Crippen LogP contribution is -2.43. The van der Waals surface area contributed by atoms with Gasteiger partial charge in [0.2, 0.25) is 15.9 Å². The van der Waals surface area contributed by atoms with Gasteiger partial charge in [-0.3, -0.25) is 4.79 Å². The van der Waals surface area contributed by atoms with Crippen molar-refractivity contribution >= 4 is 15.9 Å². The van der Waals surface area contributed by atoms with Gasteiger partial charge >= 0.3 is 0 Å². The highest BCUT2D eigenvalue weighted by Crippen LogP contribution is 2.25. The molecular weight excluding hydrogens is 360 g/mol. The minimum Gasteiger partial charge on any atom is -0.349 e. The molecule has 0 bridgehead atoms. The Bertz CT molecular complexity index is 846. The molecule has 5 nitrogen and oxygen atoms in total. The summed E-state index contributed by atoms with van der Waals surface area (Å²) in [5.74, 6) is -0.132. The van der Waals surface area contributed by atoms with E-state index in [1.54, 1.807) is 30.3 Å². The fourth-order valence-electron chi connectivity index (χ4n) is 3.50. The molecule has 1 saturated heterocycles. The molecule has 0 saturated carbocycles. The van der Waals surface area contributed by atoms with E-state index in [0.29, 0.717) is 30.8 Å². The maximum absolute atomic E-state index is 12.7. The van der Waals surface area contributed by atoms with Crippen LogP contribution in [-0.4, -0.2) is 31.7 Å². The topological polar surface area (TPSA) is 66.5 Å². The first kappa shape index (κ1) is 19.6. The van der Waals surface area contributed by atoms with Crippen molar-refractivity contribution in [2.75, 3.05) is 13.1 Å². The third-order valence-electron chi connectivity index (χ3n) is 5.13. The Morgan fingerprint density at radius 1 is 1.04 bits per heavy atom. The van der Waals surface area contributed by atoms with E-state index in [1.807, 2.05) is 37.3 Å². The van der Waals surface area contributed by atoms with Crippen LogP contribution in [-0.2, 0) is 14.8 Å². The lowest BCUT2D eigenvalue weighted by atomic mass is 9.96. The van der Waals surface area contributed by atoms with Gasteiger partial charge in [0.25, 0.3) is 0 Å². The molecule has 2 aromatic carbocycles. The Kier molecular flexibility index (Phi) is 6.29. The molecule has 144 valence electrons. The normalized spacial score (nSPS) is 17.4. The SMILES string of the molecule is CCC(NC(=O)C1CCN(S(=O)(=O)c2ccccc2)CC1)c1ccccc1. The quantitative estimate of drug-likeness (QED) is 0.828. The average Bonchev–Trinajstić information content (AvgIpc) is 2.73. The van der Waals surface area contributed by atoms with Crippen molar-refractivity contribution in [3.63, 3.8) is 0 Å². The van der Waals surface area contributed by atoms with Gasteiger partial charge in [-0.25, -0.2) is 8.42 Å². The van der Waals surface area contributed by atoms with Crippen LogP contribution in [0.25, 0.3) is 0 Å². The van der Waals surface area contributed by atoms with E-state index >= 15 is 0 Å². The van der Waals surface area contributed by atoms with E-state index in [4.69, 9.17) is 0 Å². The number of piperidine rings is 1. The summed E-state index contributed by atoms with van der Waals surface area (Å²) in [6, 6.07) is 18.4. The molecule has 1 N–H and O–H groups in total. The number of carbonyl (C=O) groups is 1. The van der Waals surface area contributed by atoms with Crippen LogP contribution in [0.5, 0.6) is 0 Å². The first-order valence-corrected chi connectivity index (χ1v) is 10.9. The molecule has 1 heterocycles. The lowest BCUT2D eigenvalue weighted by molar-refractivity contribution is -0.126. The highest BCUT2D eigenvalue weighted by molar-refractivity contribution is 7.89. The maximum Gasteiger partial charge on any atom is 0.243 e. The van der Waals surface area contributed by atoms with Crippen molar-refractivity contribution in [1.29, 1.82) is 0 Å². The summed E-state index contributed by atoms with van der Waals surface area (Å²) in [5, 5.41) is 3.13. The van der Waals surface area contributed by atoms with Crippen molar-refractivity contribution in [2.45, 2.75) is 37.1 Å². The molecule has 0 aliphatic carbocycles. The molecule has 0 aromatic heterocycles. The van der Waals surface area contributed by atoms with E-state index in [0.717, 1.165) is 12.0 Å². The molecule has 6 heteroatoms. The number of hydrogen-bond donors (Lipinski definition) is 1. The number of rotatable bonds is 6. The van der Waals surface area contributed by atoms with Crippen LogP contribution in [0.1, 0.15) is 37.8 Å². The Labute approximate surface area is 161 Å². The second-order valence-corrected chi connectivity index (χ2v) is 8.81. The average molecular weight is 387 g/mol. The zero-order valence-corrected chi connectivity index (χ0v) is 16.4. The summed E-state index contributed by atoms with van der Waals surface area (Å²) in [4.78, 5) is 13.0. The number of nitrogens with one attached hydrogen (secondary N) is 1. The highest BCUT2D eigenvalue weighted by atomic mass is 32.2. The summed E-state index contributed by atoms with van der Waals surface area (Å²) in [6.45, 7) is 2.79. The van der Waals surface area contributed by atoms with E-state index < -0.39 is 10.0 Å². The molecule has 3 rings (SSSR count). The van der Waals surface area contributed by atoms with Crippen molar-refractivity contribution in [1.82, 2.24) is 9.62 Å². The predicted octanol–water partition coefficient (Wildman–Crippen LogP) is 3.35. The third-order valence-corrected chi connectivity index (χ3v) is 7.05. The molecule has 0 radical (unpaired) electrons. The van der Waals surface area contributed by atoms with E-state index in [-0.39, 0.29) is 17.9 Å². The number of benzene rings is 2. The van der Waals surface area contributed by atoms with Crippen molar-refractivity contribution in [2.24, 2.45) is 5.92 Å². The molecule has 2 aromatic rings. The van der Waals surface area contributed by atoms with Gasteiger partial charge in [0.1, 0.15) is 0 Å². The molecule has 1 atom stereocenters. The molecule has 1 fully saturated rings. The zero-order chi connectivity index (χ0) is 19.3. The Balaban J connectivity index is 1.59.